The van der Waals surface area contributed by atoms with Crippen molar-refractivity contribution in [2.45, 2.75) is 58.9 Å². The molecule has 3 atom stereocenters. The topological polar surface area (TPSA) is 15.3 Å². The lowest BCUT2D eigenvalue weighted by Gasteiger charge is -2.37. The van der Waals surface area contributed by atoms with E-state index in [1.807, 2.05) is 0 Å². The van der Waals surface area contributed by atoms with Crippen molar-refractivity contribution in [3.63, 3.8) is 0 Å². The Morgan fingerprint density at radius 2 is 2.06 bits per heavy atom. The molecule has 2 nitrogen and oxygen atoms in total. The van der Waals surface area contributed by atoms with E-state index in [-0.39, 0.29) is 0 Å². The fourth-order valence-corrected chi connectivity index (χ4v) is 4.32. The molecule has 0 bridgehead atoms. The van der Waals surface area contributed by atoms with E-state index in [0.717, 1.165) is 11.8 Å². The van der Waals surface area contributed by atoms with Crippen LogP contribution in [0.3, 0.4) is 0 Å². The summed E-state index contributed by atoms with van der Waals surface area (Å²) >= 11 is 0. The molecule has 2 aliphatic rings. The van der Waals surface area contributed by atoms with Crippen LogP contribution in [0.25, 0.3) is 0 Å². The number of rotatable bonds is 4. The molecule has 0 spiro atoms. The highest BCUT2D eigenvalue weighted by Crippen LogP contribution is 2.41. The first-order valence-corrected chi connectivity index (χ1v) is 7.96. The van der Waals surface area contributed by atoms with E-state index in [2.05, 4.69) is 38.0 Å². The van der Waals surface area contributed by atoms with Crippen LogP contribution in [-0.2, 0) is 0 Å². The van der Waals surface area contributed by atoms with Gasteiger partial charge in [-0.25, -0.2) is 0 Å². The number of likely N-dealkylation sites (tertiary alicyclic amines) is 1. The van der Waals surface area contributed by atoms with Gasteiger partial charge >= 0.3 is 0 Å². The van der Waals surface area contributed by atoms with Crippen LogP contribution < -0.4 is 5.32 Å². The summed E-state index contributed by atoms with van der Waals surface area (Å²) in [7, 11) is 2.15. The van der Waals surface area contributed by atoms with Crippen molar-refractivity contribution >= 4 is 0 Å². The minimum Gasteiger partial charge on any atom is -0.316 e. The number of hydrogen-bond donors (Lipinski definition) is 1. The molecule has 1 saturated carbocycles. The van der Waals surface area contributed by atoms with Gasteiger partial charge in [-0.1, -0.05) is 27.2 Å². The molecule has 18 heavy (non-hydrogen) atoms. The molecule has 1 aliphatic carbocycles. The average molecular weight is 252 g/mol. The van der Waals surface area contributed by atoms with Crippen molar-refractivity contribution in [1.29, 1.82) is 0 Å². The lowest BCUT2D eigenvalue weighted by molar-refractivity contribution is 0.133. The minimum atomic E-state index is 0.485. The van der Waals surface area contributed by atoms with E-state index in [1.54, 1.807) is 0 Å². The summed E-state index contributed by atoms with van der Waals surface area (Å²) in [5.41, 5.74) is 0.485. The van der Waals surface area contributed by atoms with Crippen LogP contribution in [0.4, 0.5) is 0 Å². The van der Waals surface area contributed by atoms with Gasteiger partial charge < -0.3 is 10.2 Å². The molecule has 0 radical (unpaired) electrons. The van der Waals surface area contributed by atoms with E-state index in [1.165, 1.54) is 51.7 Å². The molecular weight excluding hydrogens is 220 g/mol. The lowest BCUT2D eigenvalue weighted by atomic mass is 9.84. The first-order valence-electron chi connectivity index (χ1n) is 7.96. The maximum Gasteiger partial charge on any atom is 0.0156 e. The standard InChI is InChI=1S/C16H32N2/c1-5-13-7-6-10-18(11-13)12-14-8-9-16(2,3)15(14)17-4/h13-15,17H,5-12H2,1-4H3. The molecule has 1 heterocycles. The van der Waals surface area contributed by atoms with Crippen LogP contribution >= 0.6 is 0 Å². The van der Waals surface area contributed by atoms with Crippen LogP contribution in [0.1, 0.15) is 52.9 Å². The molecule has 2 fully saturated rings. The second kappa shape index (κ2) is 5.92. The van der Waals surface area contributed by atoms with Crippen molar-refractivity contribution < 1.29 is 0 Å². The first kappa shape index (κ1) is 14.3. The highest BCUT2D eigenvalue weighted by Gasteiger charge is 2.41. The van der Waals surface area contributed by atoms with Crippen LogP contribution in [-0.4, -0.2) is 37.6 Å². The molecule has 0 aromatic carbocycles. The zero-order valence-corrected chi connectivity index (χ0v) is 12.8. The van der Waals surface area contributed by atoms with Crippen LogP contribution in [0.5, 0.6) is 0 Å². The molecule has 1 aliphatic heterocycles. The molecule has 2 heteroatoms. The Labute approximate surface area is 114 Å². The van der Waals surface area contributed by atoms with E-state index in [9.17, 15) is 0 Å². The van der Waals surface area contributed by atoms with Gasteiger partial charge in [0, 0.05) is 19.1 Å². The lowest BCUT2D eigenvalue weighted by Crippen LogP contribution is -2.46. The molecule has 106 valence electrons. The van der Waals surface area contributed by atoms with E-state index in [0.29, 0.717) is 11.5 Å². The molecule has 3 unspecified atom stereocenters. The summed E-state index contributed by atoms with van der Waals surface area (Å²) in [6, 6.07) is 0.708. The highest BCUT2D eigenvalue weighted by molar-refractivity contribution is 4.96. The quantitative estimate of drug-likeness (QED) is 0.827. The van der Waals surface area contributed by atoms with E-state index >= 15 is 0 Å². The summed E-state index contributed by atoms with van der Waals surface area (Å²) in [6.45, 7) is 11.2. The second-order valence-electron chi connectivity index (χ2n) is 7.23. The van der Waals surface area contributed by atoms with Crippen molar-refractivity contribution in [2.24, 2.45) is 17.3 Å². The Kier molecular flexibility index (Phi) is 4.71. The van der Waals surface area contributed by atoms with Crippen molar-refractivity contribution in [2.75, 3.05) is 26.7 Å². The normalized spacial score (nSPS) is 37.0. The van der Waals surface area contributed by atoms with Gasteiger partial charge in [-0.2, -0.15) is 0 Å². The summed E-state index contributed by atoms with van der Waals surface area (Å²) in [5, 5.41) is 3.59. The average Bonchev–Trinajstić information content (AvgIpc) is 2.64. The van der Waals surface area contributed by atoms with Crippen LogP contribution in [0, 0.1) is 17.3 Å². The van der Waals surface area contributed by atoms with Gasteiger partial charge in [0.25, 0.3) is 0 Å². The second-order valence-corrected chi connectivity index (χ2v) is 7.23. The molecule has 0 aromatic heterocycles. The number of piperidine rings is 1. The molecular formula is C16H32N2. The first-order chi connectivity index (χ1) is 8.56. The van der Waals surface area contributed by atoms with Gasteiger partial charge in [0.05, 0.1) is 0 Å². The summed E-state index contributed by atoms with van der Waals surface area (Å²) in [5.74, 6) is 1.82. The Balaban J connectivity index is 1.89. The maximum absolute atomic E-state index is 3.59. The SMILES string of the molecule is CCC1CCCN(CC2CCC(C)(C)C2NC)C1. The molecule has 0 amide bonds. The smallest absolute Gasteiger partial charge is 0.0156 e. The molecule has 2 rings (SSSR count). The van der Waals surface area contributed by atoms with Gasteiger partial charge in [-0.15, -0.1) is 0 Å². The Bertz CT molecular complexity index is 262. The fourth-order valence-electron chi connectivity index (χ4n) is 4.32. The number of hydrogen-bond acceptors (Lipinski definition) is 2. The van der Waals surface area contributed by atoms with Gasteiger partial charge in [0.2, 0.25) is 0 Å². The monoisotopic (exact) mass is 252 g/mol. The summed E-state index contributed by atoms with van der Waals surface area (Å²) in [6.07, 6.45) is 7.03. The number of nitrogens with one attached hydrogen (secondary N) is 1. The largest absolute Gasteiger partial charge is 0.316 e. The zero-order chi connectivity index (χ0) is 13.2. The Hall–Kier alpha value is -0.0800. The predicted octanol–water partition coefficient (Wildman–Crippen LogP) is 3.13. The predicted molar refractivity (Wildman–Crippen MR) is 78.8 cm³/mol. The molecule has 1 N–H and O–H groups in total. The third-order valence-corrected chi connectivity index (χ3v) is 5.46. The third-order valence-electron chi connectivity index (χ3n) is 5.46. The van der Waals surface area contributed by atoms with E-state index < -0.39 is 0 Å². The summed E-state index contributed by atoms with van der Waals surface area (Å²) in [4.78, 5) is 2.74. The van der Waals surface area contributed by atoms with Crippen molar-refractivity contribution in [3.8, 4) is 0 Å². The van der Waals surface area contributed by atoms with Gasteiger partial charge in [-0.3, -0.25) is 0 Å². The third kappa shape index (κ3) is 3.08. The van der Waals surface area contributed by atoms with Crippen LogP contribution in [0.15, 0.2) is 0 Å². The maximum atomic E-state index is 3.59. The Morgan fingerprint density at radius 1 is 1.28 bits per heavy atom. The number of nitrogens with zero attached hydrogens (tertiary/aromatic N) is 1. The summed E-state index contributed by atoms with van der Waals surface area (Å²) < 4.78 is 0. The van der Waals surface area contributed by atoms with Crippen molar-refractivity contribution in [1.82, 2.24) is 10.2 Å². The van der Waals surface area contributed by atoms with E-state index in [4.69, 9.17) is 0 Å². The van der Waals surface area contributed by atoms with Gasteiger partial charge in [0.1, 0.15) is 0 Å². The minimum absolute atomic E-state index is 0.485. The van der Waals surface area contributed by atoms with Crippen molar-refractivity contribution in [3.05, 3.63) is 0 Å². The van der Waals surface area contributed by atoms with Gasteiger partial charge in [-0.05, 0) is 56.5 Å². The van der Waals surface area contributed by atoms with Crippen LogP contribution in [0.2, 0.25) is 0 Å². The zero-order valence-electron chi connectivity index (χ0n) is 12.8. The van der Waals surface area contributed by atoms with Gasteiger partial charge in [0.15, 0.2) is 0 Å². The highest BCUT2D eigenvalue weighted by atomic mass is 15.1. The fraction of sp³-hybridized carbons (Fsp3) is 1.00. The Morgan fingerprint density at radius 3 is 2.72 bits per heavy atom. The molecule has 1 saturated heterocycles. The molecule has 0 aromatic rings.